The summed E-state index contributed by atoms with van der Waals surface area (Å²) >= 11 is 0. The molecule has 11 heavy (non-hydrogen) atoms. The van der Waals surface area contributed by atoms with Crippen LogP contribution in [0.2, 0.25) is 0 Å². The summed E-state index contributed by atoms with van der Waals surface area (Å²) in [5, 5.41) is 8.42. The summed E-state index contributed by atoms with van der Waals surface area (Å²) in [4.78, 5) is 10.5. The Kier molecular flexibility index (Phi) is 3.10. The Morgan fingerprint density at radius 3 is 2.64 bits per heavy atom. The molecule has 0 aliphatic heterocycles. The molecule has 0 bridgehead atoms. The van der Waals surface area contributed by atoms with Gasteiger partial charge in [-0.15, -0.1) is 0 Å². The molecule has 1 saturated carbocycles. The molecule has 0 saturated heterocycles. The van der Waals surface area contributed by atoms with Crippen LogP contribution in [0, 0.1) is 23.2 Å². The zero-order chi connectivity index (χ0) is 8.10. The minimum atomic E-state index is 0.0162. The van der Waals surface area contributed by atoms with Gasteiger partial charge in [0, 0.05) is 12.3 Å². The van der Waals surface area contributed by atoms with Gasteiger partial charge in [0.05, 0.1) is 6.07 Å². The Balaban J connectivity index is 2.41. The average molecular weight is 151 g/mol. The van der Waals surface area contributed by atoms with Crippen molar-refractivity contribution < 1.29 is 4.79 Å². The highest BCUT2D eigenvalue weighted by molar-refractivity contribution is 5.54. The predicted molar refractivity (Wildman–Crippen MR) is 41.7 cm³/mol. The van der Waals surface area contributed by atoms with Crippen LogP contribution in [0.1, 0.15) is 32.1 Å². The van der Waals surface area contributed by atoms with Crippen LogP contribution in [0.15, 0.2) is 0 Å². The van der Waals surface area contributed by atoms with Crippen molar-refractivity contribution in [1.29, 1.82) is 5.26 Å². The molecule has 60 valence electrons. The molecular weight excluding hydrogens is 138 g/mol. The molecule has 0 radical (unpaired) electrons. The SMILES string of the molecule is N#CC[C@H](C=O)C1CCCC1. The van der Waals surface area contributed by atoms with Crippen molar-refractivity contribution in [2.75, 3.05) is 0 Å². The highest BCUT2D eigenvalue weighted by atomic mass is 16.1. The third-order valence-electron chi connectivity index (χ3n) is 2.51. The number of aldehydes is 1. The standard InChI is InChI=1S/C9H13NO/c10-6-5-9(7-11)8-3-1-2-4-8/h7-9H,1-5H2/t9-/m1/s1. The van der Waals surface area contributed by atoms with Crippen molar-refractivity contribution in [3.05, 3.63) is 0 Å². The molecule has 1 rings (SSSR count). The fraction of sp³-hybridized carbons (Fsp3) is 0.778. The van der Waals surface area contributed by atoms with Gasteiger partial charge in [-0.05, 0) is 18.8 Å². The van der Waals surface area contributed by atoms with Gasteiger partial charge in [0.1, 0.15) is 6.29 Å². The lowest BCUT2D eigenvalue weighted by Gasteiger charge is -2.12. The van der Waals surface area contributed by atoms with E-state index in [2.05, 4.69) is 6.07 Å². The van der Waals surface area contributed by atoms with E-state index in [1.165, 1.54) is 12.8 Å². The second-order valence-electron chi connectivity index (χ2n) is 3.21. The molecule has 0 aromatic carbocycles. The van der Waals surface area contributed by atoms with Crippen molar-refractivity contribution in [2.24, 2.45) is 11.8 Å². The number of hydrogen-bond donors (Lipinski definition) is 0. The van der Waals surface area contributed by atoms with Crippen LogP contribution < -0.4 is 0 Å². The first-order valence-corrected chi connectivity index (χ1v) is 4.20. The second kappa shape index (κ2) is 4.12. The molecule has 0 heterocycles. The maximum absolute atomic E-state index is 10.5. The minimum absolute atomic E-state index is 0.0162. The molecule has 2 nitrogen and oxygen atoms in total. The van der Waals surface area contributed by atoms with Crippen LogP contribution in [-0.4, -0.2) is 6.29 Å². The van der Waals surface area contributed by atoms with Gasteiger partial charge in [0.2, 0.25) is 0 Å². The van der Waals surface area contributed by atoms with E-state index in [0.717, 1.165) is 19.1 Å². The normalized spacial score (nSPS) is 21.0. The number of nitrogens with zero attached hydrogens (tertiary/aromatic N) is 1. The van der Waals surface area contributed by atoms with Crippen LogP contribution in [-0.2, 0) is 4.79 Å². The van der Waals surface area contributed by atoms with E-state index in [1.54, 1.807) is 0 Å². The van der Waals surface area contributed by atoms with E-state index >= 15 is 0 Å². The third-order valence-corrected chi connectivity index (χ3v) is 2.51. The summed E-state index contributed by atoms with van der Waals surface area (Å²) in [5.41, 5.74) is 0. The van der Waals surface area contributed by atoms with Gasteiger partial charge in [-0.25, -0.2) is 0 Å². The monoisotopic (exact) mass is 151 g/mol. The largest absolute Gasteiger partial charge is 0.303 e. The first kappa shape index (κ1) is 8.26. The molecule has 1 aliphatic carbocycles. The summed E-state index contributed by atoms with van der Waals surface area (Å²) in [6, 6.07) is 2.06. The Morgan fingerprint density at radius 1 is 1.55 bits per heavy atom. The zero-order valence-electron chi connectivity index (χ0n) is 6.62. The number of carbonyl (C=O) groups excluding carboxylic acids is 1. The van der Waals surface area contributed by atoms with Gasteiger partial charge in [0.15, 0.2) is 0 Å². The highest BCUT2D eigenvalue weighted by Crippen LogP contribution is 2.31. The van der Waals surface area contributed by atoms with Crippen molar-refractivity contribution in [2.45, 2.75) is 32.1 Å². The van der Waals surface area contributed by atoms with Crippen LogP contribution >= 0.6 is 0 Å². The molecule has 0 aromatic rings. The molecule has 0 spiro atoms. The first-order chi connectivity index (χ1) is 5.38. The summed E-state index contributed by atoms with van der Waals surface area (Å²) in [5.74, 6) is 0.523. The van der Waals surface area contributed by atoms with E-state index in [9.17, 15) is 4.79 Å². The molecule has 0 unspecified atom stereocenters. The maximum Gasteiger partial charge on any atom is 0.124 e. The van der Waals surface area contributed by atoms with Crippen molar-refractivity contribution >= 4 is 6.29 Å². The van der Waals surface area contributed by atoms with Crippen molar-refractivity contribution in [1.82, 2.24) is 0 Å². The number of hydrogen-bond acceptors (Lipinski definition) is 2. The topological polar surface area (TPSA) is 40.9 Å². The Bertz CT molecular complexity index is 165. The second-order valence-corrected chi connectivity index (χ2v) is 3.21. The molecule has 0 N–H and O–H groups in total. The predicted octanol–water partition coefficient (Wildman–Crippen LogP) is 1.91. The third kappa shape index (κ3) is 2.04. The number of carbonyl (C=O) groups is 1. The van der Waals surface area contributed by atoms with E-state index < -0.39 is 0 Å². The first-order valence-electron chi connectivity index (χ1n) is 4.20. The molecule has 1 aliphatic rings. The Labute approximate surface area is 67.2 Å². The molecule has 0 amide bonds. The summed E-state index contributed by atoms with van der Waals surface area (Å²) in [6.45, 7) is 0. The summed E-state index contributed by atoms with van der Waals surface area (Å²) < 4.78 is 0. The van der Waals surface area contributed by atoms with E-state index in [1.807, 2.05) is 0 Å². The zero-order valence-corrected chi connectivity index (χ0v) is 6.62. The molecular formula is C9H13NO. The minimum Gasteiger partial charge on any atom is -0.303 e. The van der Waals surface area contributed by atoms with Crippen LogP contribution in [0.4, 0.5) is 0 Å². The average Bonchev–Trinajstić information content (AvgIpc) is 2.52. The van der Waals surface area contributed by atoms with Gasteiger partial charge in [-0.3, -0.25) is 0 Å². The van der Waals surface area contributed by atoms with Gasteiger partial charge in [-0.1, -0.05) is 12.8 Å². The van der Waals surface area contributed by atoms with E-state index in [0.29, 0.717) is 12.3 Å². The van der Waals surface area contributed by atoms with E-state index in [-0.39, 0.29) is 5.92 Å². The molecule has 1 atom stereocenters. The van der Waals surface area contributed by atoms with E-state index in [4.69, 9.17) is 5.26 Å². The highest BCUT2D eigenvalue weighted by Gasteiger charge is 2.23. The van der Waals surface area contributed by atoms with Gasteiger partial charge < -0.3 is 4.79 Å². The lowest BCUT2D eigenvalue weighted by molar-refractivity contribution is -0.112. The lowest BCUT2D eigenvalue weighted by Crippen LogP contribution is -2.12. The molecule has 0 aromatic heterocycles. The Morgan fingerprint density at radius 2 is 2.18 bits per heavy atom. The number of rotatable bonds is 3. The van der Waals surface area contributed by atoms with Crippen LogP contribution in [0.25, 0.3) is 0 Å². The molecule has 2 heteroatoms. The summed E-state index contributed by atoms with van der Waals surface area (Å²) in [7, 11) is 0. The van der Waals surface area contributed by atoms with Crippen molar-refractivity contribution in [3.63, 3.8) is 0 Å². The maximum atomic E-state index is 10.5. The molecule has 1 fully saturated rings. The van der Waals surface area contributed by atoms with Gasteiger partial charge in [0.25, 0.3) is 0 Å². The smallest absolute Gasteiger partial charge is 0.124 e. The number of nitriles is 1. The van der Waals surface area contributed by atoms with Crippen LogP contribution in [0.3, 0.4) is 0 Å². The Hall–Kier alpha value is -0.840. The quantitative estimate of drug-likeness (QED) is 0.578. The van der Waals surface area contributed by atoms with Gasteiger partial charge in [-0.2, -0.15) is 5.26 Å². The summed E-state index contributed by atoms with van der Waals surface area (Å²) in [6.07, 6.45) is 6.13. The van der Waals surface area contributed by atoms with Crippen LogP contribution in [0.5, 0.6) is 0 Å². The van der Waals surface area contributed by atoms with Gasteiger partial charge >= 0.3 is 0 Å². The lowest BCUT2D eigenvalue weighted by atomic mass is 9.90. The van der Waals surface area contributed by atoms with Crippen molar-refractivity contribution in [3.8, 4) is 6.07 Å². The fourth-order valence-corrected chi connectivity index (χ4v) is 1.82. The fourth-order valence-electron chi connectivity index (χ4n) is 1.82.